The van der Waals surface area contributed by atoms with E-state index in [2.05, 4.69) is 4.98 Å². The highest BCUT2D eigenvalue weighted by atomic mass is 35.5. The molecular weight excluding hydrogens is 430 g/mol. The van der Waals surface area contributed by atoms with E-state index in [1.54, 1.807) is 12.3 Å². The molecule has 1 fully saturated rings. The molecule has 0 aliphatic carbocycles. The number of esters is 1. The van der Waals surface area contributed by atoms with Crippen molar-refractivity contribution in [3.05, 3.63) is 64.3 Å². The molecule has 2 aromatic carbocycles. The normalized spacial score (nSPS) is 15.7. The number of para-hydroxylation sites is 1. The van der Waals surface area contributed by atoms with Crippen molar-refractivity contribution in [1.82, 2.24) is 4.98 Å². The molecule has 8 heteroatoms. The number of Topliss-reactive ketones (excluding diaryl/α,β-unsaturated/α-hetero) is 1. The Labute approximate surface area is 189 Å². The Morgan fingerprint density at radius 3 is 2.84 bits per heavy atom. The van der Waals surface area contributed by atoms with E-state index in [4.69, 9.17) is 21.6 Å². The predicted molar refractivity (Wildman–Crippen MR) is 120 cm³/mol. The third-order valence-electron chi connectivity index (χ3n) is 5.67. The van der Waals surface area contributed by atoms with Gasteiger partial charge in [-0.15, -0.1) is 0 Å². The summed E-state index contributed by atoms with van der Waals surface area (Å²) in [5, 5.41) is 10.0. The Bertz CT molecular complexity index is 1270. The van der Waals surface area contributed by atoms with Crippen LogP contribution in [-0.2, 0) is 20.7 Å². The van der Waals surface area contributed by atoms with Gasteiger partial charge in [-0.2, -0.15) is 5.26 Å². The molecule has 0 bridgehead atoms. The van der Waals surface area contributed by atoms with E-state index < -0.39 is 18.5 Å². The molecule has 1 saturated heterocycles. The van der Waals surface area contributed by atoms with Crippen molar-refractivity contribution in [3.63, 3.8) is 0 Å². The summed E-state index contributed by atoms with van der Waals surface area (Å²) >= 11 is 6.06. The first-order chi connectivity index (χ1) is 15.4. The number of aryl methyl sites for hydroxylation is 1. The first kappa shape index (κ1) is 21.6. The summed E-state index contributed by atoms with van der Waals surface area (Å²) in [5.41, 5.74) is 3.30. The number of fused-ring (bicyclic) bond motifs is 1. The number of ether oxygens (including phenoxy) is 1. The second-order valence-electron chi connectivity index (χ2n) is 7.61. The highest BCUT2D eigenvalue weighted by Crippen LogP contribution is 2.29. The molecular formula is C24H20ClN3O4. The van der Waals surface area contributed by atoms with E-state index >= 15 is 0 Å². The van der Waals surface area contributed by atoms with Crippen molar-refractivity contribution in [1.29, 1.82) is 5.26 Å². The van der Waals surface area contributed by atoms with Crippen molar-refractivity contribution < 1.29 is 19.1 Å². The fourth-order valence-electron chi connectivity index (χ4n) is 3.95. The van der Waals surface area contributed by atoms with Gasteiger partial charge in [-0.05, 0) is 30.2 Å². The molecule has 0 spiro atoms. The fraction of sp³-hybridized carbons (Fsp3) is 0.250. The van der Waals surface area contributed by atoms with Crippen molar-refractivity contribution in [3.8, 4) is 6.07 Å². The van der Waals surface area contributed by atoms with Crippen LogP contribution in [-0.4, -0.2) is 35.8 Å². The van der Waals surface area contributed by atoms with E-state index in [0.29, 0.717) is 16.8 Å². The number of hydrogen-bond acceptors (Lipinski definition) is 5. The van der Waals surface area contributed by atoms with Crippen LogP contribution in [0.25, 0.3) is 10.9 Å². The third-order valence-corrected chi connectivity index (χ3v) is 5.98. The number of nitrogens with zero attached hydrogens (tertiary/aromatic N) is 2. The summed E-state index contributed by atoms with van der Waals surface area (Å²) in [6, 6.07) is 12.4. The van der Waals surface area contributed by atoms with Crippen LogP contribution >= 0.6 is 11.6 Å². The number of halogens is 1. The molecule has 0 saturated carbocycles. The lowest BCUT2D eigenvalue weighted by molar-refractivity contribution is -0.147. The Morgan fingerprint density at radius 1 is 1.31 bits per heavy atom. The van der Waals surface area contributed by atoms with Gasteiger partial charge in [0.25, 0.3) is 0 Å². The number of H-pyrrole nitrogens is 1. The van der Waals surface area contributed by atoms with Crippen LogP contribution in [0.15, 0.2) is 42.6 Å². The van der Waals surface area contributed by atoms with Gasteiger partial charge < -0.3 is 14.6 Å². The highest BCUT2D eigenvalue weighted by Gasteiger charge is 2.36. The van der Waals surface area contributed by atoms with E-state index in [0.717, 1.165) is 22.9 Å². The van der Waals surface area contributed by atoms with E-state index in [-0.39, 0.29) is 29.7 Å². The van der Waals surface area contributed by atoms with Gasteiger partial charge in [0, 0.05) is 41.3 Å². The molecule has 7 nitrogen and oxygen atoms in total. The molecule has 2 heterocycles. The first-order valence-electron chi connectivity index (χ1n) is 10.2. The largest absolute Gasteiger partial charge is 0.457 e. The molecule has 1 atom stereocenters. The zero-order valence-electron chi connectivity index (χ0n) is 17.4. The molecule has 32 heavy (non-hydrogen) atoms. The number of carbonyl (C=O) groups excluding carboxylic acids is 3. The van der Waals surface area contributed by atoms with Crippen LogP contribution in [0.3, 0.4) is 0 Å². The molecule has 162 valence electrons. The van der Waals surface area contributed by atoms with Crippen LogP contribution in [0.4, 0.5) is 5.69 Å². The summed E-state index contributed by atoms with van der Waals surface area (Å²) in [6.45, 7) is 1.77. The number of amides is 1. The molecule has 0 radical (unpaired) electrons. The van der Waals surface area contributed by atoms with Gasteiger partial charge in [-0.25, -0.2) is 0 Å². The Kier molecular flexibility index (Phi) is 5.97. The number of carbonyl (C=O) groups is 3. The van der Waals surface area contributed by atoms with Crippen molar-refractivity contribution >= 4 is 45.9 Å². The number of rotatable bonds is 6. The lowest BCUT2D eigenvalue weighted by Gasteiger charge is -2.17. The second kappa shape index (κ2) is 8.85. The highest BCUT2D eigenvalue weighted by molar-refractivity contribution is 6.32. The zero-order chi connectivity index (χ0) is 22.8. The van der Waals surface area contributed by atoms with Crippen molar-refractivity contribution in [2.75, 3.05) is 18.1 Å². The van der Waals surface area contributed by atoms with Crippen molar-refractivity contribution in [2.24, 2.45) is 5.92 Å². The Morgan fingerprint density at radius 2 is 2.12 bits per heavy atom. The van der Waals surface area contributed by atoms with E-state index in [1.807, 2.05) is 31.2 Å². The monoisotopic (exact) mass is 449 g/mol. The maximum atomic E-state index is 12.7. The second-order valence-corrected chi connectivity index (χ2v) is 8.02. The van der Waals surface area contributed by atoms with Gasteiger partial charge in [-0.1, -0.05) is 36.7 Å². The van der Waals surface area contributed by atoms with Crippen LogP contribution in [0.1, 0.15) is 34.8 Å². The number of aromatic amines is 1. The molecule has 1 aliphatic rings. The van der Waals surface area contributed by atoms with E-state index in [9.17, 15) is 14.4 Å². The van der Waals surface area contributed by atoms with Crippen LogP contribution in [0.5, 0.6) is 0 Å². The molecule has 1 N–H and O–H groups in total. The van der Waals surface area contributed by atoms with Crippen LogP contribution < -0.4 is 4.90 Å². The standard InChI is InChI=1S/C24H20ClN3O4/c1-2-14-4-3-5-18-19(11-27-23(14)18)21(29)13-32-24(31)16-8-22(30)28(12-16)17-7-6-15(10-26)20(25)9-17/h3-7,9,11,16,27H,2,8,12-13H2,1H3. The topological polar surface area (TPSA) is 103 Å². The average Bonchev–Trinajstić information content (AvgIpc) is 3.41. The summed E-state index contributed by atoms with van der Waals surface area (Å²) in [4.78, 5) is 42.2. The Hall–Kier alpha value is -3.63. The van der Waals surface area contributed by atoms with Crippen LogP contribution in [0, 0.1) is 17.2 Å². The molecule has 1 unspecified atom stereocenters. The maximum Gasteiger partial charge on any atom is 0.311 e. The summed E-state index contributed by atoms with van der Waals surface area (Å²) in [6.07, 6.45) is 2.45. The third kappa shape index (κ3) is 3.97. The van der Waals surface area contributed by atoms with E-state index in [1.165, 1.54) is 17.0 Å². The SMILES string of the molecule is CCc1cccc2c(C(=O)COC(=O)C3CC(=O)N(c4ccc(C#N)c(Cl)c4)C3)c[nH]c12. The zero-order valence-corrected chi connectivity index (χ0v) is 18.1. The maximum absolute atomic E-state index is 12.7. The predicted octanol–water partition coefficient (Wildman–Crippen LogP) is 4.03. The van der Waals surface area contributed by atoms with Gasteiger partial charge in [0.2, 0.25) is 11.7 Å². The number of ketones is 1. The van der Waals surface area contributed by atoms with Gasteiger partial charge in [0.05, 0.1) is 16.5 Å². The summed E-state index contributed by atoms with van der Waals surface area (Å²) in [5.74, 6) is -1.83. The quantitative estimate of drug-likeness (QED) is 0.452. The summed E-state index contributed by atoms with van der Waals surface area (Å²) < 4.78 is 5.26. The minimum absolute atomic E-state index is 0.0163. The lowest BCUT2D eigenvalue weighted by atomic mass is 10.1. The number of benzene rings is 2. The number of anilines is 1. The van der Waals surface area contributed by atoms with Crippen molar-refractivity contribution in [2.45, 2.75) is 19.8 Å². The van der Waals surface area contributed by atoms with Gasteiger partial charge in [-0.3, -0.25) is 14.4 Å². The smallest absolute Gasteiger partial charge is 0.311 e. The summed E-state index contributed by atoms with van der Waals surface area (Å²) in [7, 11) is 0. The van der Waals surface area contributed by atoms with Gasteiger partial charge in [0.1, 0.15) is 6.07 Å². The Balaban J connectivity index is 1.41. The van der Waals surface area contributed by atoms with Gasteiger partial charge >= 0.3 is 5.97 Å². The van der Waals surface area contributed by atoms with Gasteiger partial charge in [0.15, 0.2) is 6.61 Å². The number of aromatic nitrogens is 1. The first-order valence-corrected chi connectivity index (χ1v) is 10.6. The number of nitrogens with one attached hydrogen (secondary N) is 1. The molecule has 3 aromatic rings. The molecule has 1 aromatic heterocycles. The average molecular weight is 450 g/mol. The molecule has 1 aliphatic heterocycles. The lowest BCUT2D eigenvalue weighted by Crippen LogP contribution is -2.27. The number of nitriles is 1. The fourth-order valence-corrected chi connectivity index (χ4v) is 4.17. The minimum Gasteiger partial charge on any atom is -0.457 e. The number of hydrogen-bond donors (Lipinski definition) is 1. The molecule has 1 amide bonds. The minimum atomic E-state index is -0.681. The van der Waals surface area contributed by atoms with Crippen LogP contribution in [0.2, 0.25) is 5.02 Å². The molecule has 4 rings (SSSR count).